The van der Waals surface area contributed by atoms with Crippen LogP contribution in [0.15, 0.2) is 30.3 Å². The van der Waals surface area contributed by atoms with Crippen LogP contribution in [0.4, 0.5) is 10.8 Å². The minimum absolute atomic E-state index is 0.271. The van der Waals surface area contributed by atoms with Gasteiger partial charge in [0.2, 0.25) is 10.0 Å². The number of anilines is 2. The lowest BCUT2D eigenvalue weighted by Crippen LogP contribution is -2.24. The SMILES string of the molecule is Cc1nc(N(C)S(C)(=O)=O)sc1C(=O)Nc1ccccc1. The van der Waals surface area contributed by atoms with Crippen LogP contribution >= 0.6 is 11.3 Å². The molecule has 1 amide bonds. The summed E-state index contributed by atoms with van der Waals surface area (Å²) in [5.41, 5.74) is 1.17. The smallest absolute Gasteiger partial charge is 0.267 e. The highest BCUT2D eigenvalue weighted by atomic mass is 32.2. The summed E-state index contributed by atoms with van der Waals surface area (Å²) in [7, 11) is -1.99. The van der Waals surface area contributed by atoms with E-state index in [0.29, 0.717) is 16.3 Å². The largest absolute Gasteiger partial charge is 0.321 e. The Bertz CT molecular complexity index is 754. The Balaban J connectivity index is 2.25. The van der Waals surface area contributed by atoms with Crippen LogP contribution in [0.25, 0.3) is 0 Å². The Morgan fingerprint density at radius 3 is 2.48 bits per heavy atom. The highest BCUT2D eigenvalue weighted by Crippen LogP contribution is 2.27. The van der Waals surface area contributed by atoms with E-state index >= 15 is 0 Å². The molecule has 6 nitrogen and oxygen atoms in total. The van der Waals surface area contributed by atoms with Crippen molar-refractivity contribution >= 4 is 38.1 Å². The number of aryl methyl sites for hydroxylation is 1. The van der Waals surface area contributed by atoms with Gasteiger partial charge in [0.1, 0.15) is 4.88 Å². The minimum Gasteiger partial charge on any atom is -0.321 e. The fourth-order valence-corrected chi connectivity index (χ4v) is 3.25. The Morgan fingerprint density at radius 1 is 1.29 bits per heavy atom. The monoisotopic (exact) mass is 325 g/mol. The van der Waals surface area contributed by atoms with Gasteiger partial charge in [-0.3, -0.25) is 4.79 Å². The predicted molar refractivity (Wildman–Crippen MR) is 84.5 cm³/mol. The number of nitrogens with zero attached hydrogens (tertiary/aromatic N) is 2. The van der Waals surface area contributed by atoms with Crippen molar-refractivity contribution in [3.8, 4) is 0 Å². The molecule has 0 atom stereocenters. The van der Waals surface area contributed by atoms with E-state index < -0.39 is 10.0 Å². The van der Waals surface area contributed by atoms with Crippen LogP contribution in [0.3, 0.4) is 0 Å². The molecule has 1 aromatic carbocycles. The fourth-order valence-electron chi connectivity index (χ4n) is 1.58. The summed E-state index contributed by atoms with van der Waals surface area (Å²) < 4.78 is 24.1. The van der Waals surface area contributed by atoms with Gasteiger partial charge in [-0.2, -0.15) is 0 Å². The molecule has 0 aliphatic carbocycles. The van der Waals surface area contributed by atoms with Crippen LogP contribution in [0, 0.1) is 6.92 Å². The number of para-hydroxylation sites is 1. The van der Waals surface area contributed by atoms with Crippen molar-refractivity contribution in [1.82, 2.24) is 4.98 Å². The highest BCUT2D eigenvalue weighted by Gasteiger charge is 2.21. The maximum absolute atomic E-state index is 12.2. The number of carbonyl (C=O) groups is 1. The van der Waals surface area contributed by atoms with E-state index in [-0.39, 0.29) is 11.0 Å². The molecule has 2 rings (SSSR count). The number of hydrogen-bond acceptors (Lipinski definition) is 5. The average molecular weight is 325 g/mol. The third-order valence-corrected chi connectivity index (χ3v) is 5.31. The number of sulfonamides is 1. The Labute approximate surface area is 127 Å². The number of hydrogen-bond donors (Lipinski definition) is 1. The van der Waals surface area contributed by atoms with Crippen LogP contribution in [0.2, 0.25) is 0 Å². The number of aromatic nitrogens is 1. The first-order valence-electron chi connectivity index (χ1n) is 6.07. The first kappa shape index (κ1) is 15.5. The van der Waals surface area contributed by atoms with Gasteiger partial charge in [-0.1, -0.05) is 29.5 Å². The molecule has 1 N–H and O–H groups in total. The van der Waals surface area contributed by atoms with Crippen LogP contribution in [0.5, 0.6) is 0 Å². The lowest BCUT2D eigenvalue weighted by molar-refractivity contribution is 0.103. The van der Waals surface area contributed by atoms with Crippen molar-refractivity contribution in [3.63, 3.8) is 0 Å². The average Bonchev–Trinajstić information content (AvgIpc) is 2.80. The van der Waals surface area contributed by atoms with E-state index in [4.69, 9.17) is 0 Å². The van der Waals surface area contributed by atoms with E-state index in [2.05, 4.69) is 10.3 Å². The van der Waals surface area contributed by atoms with Crippen molar-refractivity contribution in [2.24, 2.45) is 0 Å². The molecule has 0 spiro atoms. The second-order valence-electron chi connectivity index (χ2n) is 4.46. The molecule has 0 bridgehead atoms. The standard InChI is InChI=1S/C13H15N3O3S2/c1-9-11(12(17)15-10-7-5-4-6-8-10)20-13(14-9)16(2)21(3,18)19/h4-8H,1-3H3,(H,15,17). The molecule has 21 heavy (non-hydrogen) atoms. The van der Waals surface area contributed by atoms with Gasteiger partial charge >= 0.3 is 0 Å². The maximum atomic E-state index is 12.2. The lowest BCUT2D eigenvalue weighted by Gasteiger charge is -2.11. The number of rotatable bonds is 4. The van der Waals surface area contributed by atoms with Crippen molar-refractivity contribution in [2.75, 3.05) is 22.9 Å². The Kier molecular flexibility index (Phi) is 4.29. The van der Waals surface area contributed by atoms with Crippen molar-refractivity contribution in [3.05, 3.63) is 40.9 Å². The van der Waals surface area contributed by atoms with Gasteiger partial charge in [-0.15, -0.1) is 0 Å². The van der Waals surface area contributed by atoms with E-state index in [1.54, 1.807) is 19.1 Å². The van der Waals surface area contributed by atoms with Crippen molar-refractivity contribution in [1.29, 1.82) is 0 Å². The quantitative estimate of drug-likeness (QED) is 0.933. The third-order valence-electron chi connectivity index (χ3n) is 2.79. The molecule has 0 aliphatic rings. The molecule has 0 unspecified atom stereocenters. The topological polar surface area (TPSA) is 79.4 Å². The summed E-state index contributed by atoms with van der Waals surface area (Å²) in [6, 6.07) is 9.04. The first-order chi connectivity index (χ1) is 9.79. The van der Waals surface area contributed by atoms with Gasteiger partial charge in [-0.25, -0.2) is 17.7 Å². The van der Waals surface area contributed by atoms with Crippen LogP contribution < -0.4 is 9.62 Å². The maximum Gasteiger partial charge on any atom is 0.267 e. The number of benzene rings is 1. The second kappa shape index (κ2) is 5.82. The summed E-state index contributed by atoms with van der Waals surface area (Å²) >= 11 is 1.05. The third kappa shape index (κ3) is 3.59. The summed E-state index contributed by atoms with van der Waals surface area (Å²) in [5.74, 6) is -0.302. The molecule has 112 valence electrons. The van der Waals surface area contributed by atoms with Crippen LogP contribution in [-0.4, -0.2) is 32.6 Å². The highest BCUT2D eigenvalue weighted by molar-refractivity contribution is 7.92. The molecular weight excluding hydrogens is 310 g/mol. The number of nitrogens with one attached hydrogen (secondary N) is 1. The van der Waals surface area contributed by atoms with Crippen molar-refractivity contribution in [2.45, 2.75) is 6.92 Å². The molecule has 0 saturated heterocycles. The summed E-state index contributed by atoms with van der Waals surface area (Å²) in [4.78, 5) is 16.7. The minimum atomic E-state index is -3.39. The Morgan fingerprint density at radius 2 is 1.90 bits per heavy atom. The van der Waals surface area contributed by atoms with Crippen LogP contribution in [-0.2, 0) is 10.0 Å². The van der Waals surface area contributed by atoms with Gasteiger partial charge in [0, 0.05) is 12.7 Å². The normalized spacial score (nSPS) is 11.2. The van der Waals surface area contributed by atoms with E-state index in [0.717, 1.165) is 21.9 Å². The predicted octanol–water partition coefficient (Wildman–Crippen LogP) is 2.10. The van der Waals surface area contributed by atoms with E-state index in [1.165, 1.54) is 7.05 Å². The van der Waals surface area contributed by atoms with Crippen molar-refractivity contribution < 1.29 is 13.2 Å². The van der Waals surface area contributed by atoms with E-state index in [9.17, 15) is 13.2 Å². The zero-order valence-electron chi connectivity index (χ0n) is 11.8. The van der Waals surface area contributed by atoms with Gasteiger partial charge < -0.3 is 5.32 Å². The molecule has 0 aliphatic heterocycles. The summed E-state index contributed by atoms with van der Waals surface area (Å²) in [6.45, 7) is 1.68. The molecular formula is C13H15N3O3S2. The molecule has 2 aromatic rings. The van der Waals surface area contributed by atoms with Gasteiger partial charge in [0.15, 0.2) is 5.13 Å². The summed E-state index contributed by atoms with van der Waals surface area (Å²) in [5, 5.41) is 3.03. The fraction of sp³-hybridized carbons (Fsp3) is 0.231. The zero-order valence-corrected chi connectivity index (χ0v) is 13.5. The number of amides is 1. The molecule has 0 radical (unpaired) electrons. The van der Waals surface area contributed by atoms with E-state index in [1.807, 2.05) is 18.2 Å². The van der Waals surface area contributed by atoms with Gasteiger partial charge in [0.25, 0.3) is 5.91 Å². The van der Waals surface area contributed by atoms with Crippen LogP contribution in [0.1, 0.15) is 15.4 Å². The first-order valence-corrected chi connectivity index (χ1v) is 8.73. The number of thiazole rings is 1. The molecule has 1 heterocycles. The number of carbonyl (C=O) groups excluding carboxylic acids is 1. The molecule has 8 heteroatoms. The molecule has 1 aromatic heterocycles. The second-order valence-corrected chi connectivity index (χ2v) is 7.45. The van der Waals surface area contributed by atoms with Gasteiger partial charge in [-0.05, 0) is 19.1 Å². The Hall–Kier alpha value is -1.93. The lowest BCUT2D eigenvalue weighted by atomic mass is 10.3. The zero-order chi connectivity index (χ0) is 15.6. The molecule has 0 fully saturated rings. The molecule has 0 saturated carbocycles. The van der Waals surface area contributed by atoms with Gasteiger partial charge in [0.05, 0.1) is 11.9 Å². The summed E-state index contributed by atoms with van der Waals surface area (Å²) in [6.07, 6.45) is 1.09.